The van der Waals surface area contributed by atoms with Crippen molar-refractivity contribution in [3.8, 4) is 0 Å². The van der Waals surface area contributed by atoms with Gasteiger partial charge in [0.2, 0.25) is 5.91 Å². The van der Waals surface area contributed by atoms with Gasteiger partial charge >= 0.3 is 0 Å². The predicted octanol–water partition coefficient (Wildman–Crippen LogP) is 0.606. The lowest BCUT2D eigenvalue weighted by atomic mass is 10.0. The van der Waals surface area contributed by atoms with E-state index in [-0.39, 0.29) is 23.3 Å². The van der Waals surface area contributed by atoms with Crippen molar-refractivity contribution in [1.82, 2.24) is 15.1 Å². The van der Waals surface area contributed by atoms with Gasteiger partial charge in [-0.25, -0.2) is 8.42 Å². The largest absolute Gasteiger partial charge is 0.338 e. The second-order valence-electron chi connectivity index (χ2n) is 6.45. The maximum Gasteiger partial charge on any atom is 0.227 e. The molecule has 1 atom stereocenters. The zero-order valence-electron chi connectivity index (χ0n) is 11.8. The molecule has 1 amide bonds. The lowest BCUT2D eigenvalue weighted by Crippen LogP contribution is -2.40. The Labute approximate surface area is 123 Å². The Morgan fingerprint density at radius 1 is 1.29 bits per heavy atom. The Bertz CT molecular complexity index is 690. The van der Waals surface area contributed by atoms with Crippen molar-refractivity contribution in [1.29, 1.82) is 0 Å². The highest BCUT2D eigenvalue weighted by Gasteiger charge is 2.38. The fourth-order valence-electron chi connectivity index (χ4n) is 3.45. The van der Waals surface area contributed by atoms with Crippen molar-refractivity contribution in [3.05, 3.63) is 17.0 Å². The van der Waals surface area contributed by atoms with E-state index in [1.807, 2.05) is 4.90 Å². The number of nitrogens with one attached hydrogen (secondary N) is 1. The summed E-state index contributed by atoms with van der Waals surface area (Å²) in [5.74, 6) is 0.404. The average molecular weight is 309 g/mol. The van der Waals surface area contributed by atoms with Gasteiger partial charge in [0.15, 0.2) is 9.84 Å². The number of sulfone groups is 1. The van der Waals surface area contributed by atoms with Gasteiger partial charge in [-0.2, -0.15) is 5.10 Å². The van der Waals surface area contributed by atoms with Crippen LogP contribution in [0, 0.1) is 5.92 Å². The van der Waals surface area contributed by atoms with E-state index in [4.69, 9.17) is 0 Å². The number of nitrogens with zero attached hydrogens (tertiary/aromatic N) is 2. The monoisotopic (exact) mass is 309 g/mol. The third-order valence-electron chi connectivity index (χ3n) is 4.82. The number of rotatable bonds is 2. The van der Waals surface area contributed by atoms with Crippen LogP contribution in [-0.2, 0) is 27.6 Å². The molecule has 1 N–H and O–H groups in total. The summed E-state index contributed by atoms with van der Waals surface area (Å²) in [5.41, 5.74) is 3.46. The van der Waals surface area contributed by atoms with Crippen molar-refractivity contribution in [2.45, 2.75) is 38.1 Å². The summed E-state index contributed by atoms with van der Waals surface area (Å²) in [6.45, 7) is 1.25. The van der Waals surface area contributed by atoms with E-state index in [2.05, 4.69) is 10.2 Å². The Morgan fingerprint density at radius 3 is 2.76 bits per heavy atom. The first-order valence-corrected chi connectivity index (χ1v) is 9.41. The van der Waals surface area contributed by atoms with Crippen molar-refractivity contribution < 1.29 is 13.2 Å². The van der Waals surface area contributed by atoms with Crippen LogP contribution in [0.2, 0.25) is 0 Å². The number of carbonyl (C=O) groups excluding carboxylic acids is 1. The molecule has 3 aliphatic rings. The second-order valence-corrected chi connectivity index (χ2v) is 8.68. The van der Waals surface area contributed by atoms with E-state index >= 15 is 0 Å². The van der Waals surface area contributed by atoms with Crippen molar-refractivity contribution in [2.24, 2.45) is 5.92 Å². The number of carbonyl (C=O) groups is 1. The molecule has 2 fully saturated rings. The number of fused-ring (bicyclic) bond motifs is 1. The summed E-state index contributed by atoms with van der Waals surface area (Å²) in [6.07, 6.45) is 3.64. The zero-order chi connectivity index (χ0) is 14.6. The number of amides is 1. The minimum Gasteiger partial charge on any atom is -0.338 e. The number of H-pyrrole nitrogens is 1. The number of hydrogen-bond donors (Lipinski definition) is 1. The van der Waals surface area contributed by atoms with Crippen LogP contribution in [0.1, 0.15) is 42.1 Å². The van der Waals surface area contributed by atoms with Gasteiger partial charge in [-0.05, 0) is 19.3 Å². The van der Waals surface area contributed by atoms with Crippen LogP contribution in [0.15, 0.2) is 0 Å². The summed E-state index contributed by atoms with van der Waals surface area (Å²) >= 11 is 0. The molecule has 0 bridgehead atoms. The molecule has 1 aromatic rings. The molecule has 21 heavy (non-hydrogen) atoms. The smallest absolute Gasteiger partial charge is 0.227 e. The molecular weight excluding hydrogens is 290 g/mol. The Morgan fingerprint density at radius 2 is 2.10 bits per heavy atom. The summed E-state index contributed by atoms with van der Waals surface area (Å²) in [4.78, 5) is 14.4. The molecule has 7 heteroatoms. The van der Waals surface area contributed by atoms with Crippen LogP contribution in [0.25, 0.3) is 0 Å². The van der Waals surface area contributed by atoms with E-state index in [9.17, 15) is 13.2 Å². The van der Waals surface area contributed by atoms with Crippen LogP contribution in [0.5, 0.6) is 0 Å². The third-order valence-corrected chi connectivity index (χ3v) is 6.59. The van der Waals surface area contributed by atoms with Crippen LogP contribution in [-0.4, -0.2) is 47.5 Å². The van der Waals surface area contributed by atoms with Crippen LogP contribution >= 0.6 is 0 Å². The van der Waals surface area contributed by atoms with E-state index < -0.39 is 9.84 Å². The zero-order valence-corrected chi connectivity index (χ0v) is 12.7. The van der Waals surface area contributed by atoms with E-state index in [0.29, 0.717) is 25.4 Å². The maximum absolute atomic E-state index is 12.5. The first-order chi connectivity index (χ1) is 10.0. The number of aromatic amines is 1. The minimum absolute atomic E-state index is 0.00433. The molecule has 0 aromatic carbocycles. The topological polar surface area (TPSA) is 83.1 Å². The fraction of sp³-hybridized carbons (Fsp3) is 0.714. The molecule has 1 saturated heterocycles. The SMILES string of the molecule is O=C([C@H]1CCS(=O)(=O)C1)N1CCc2[nH]nc(C3CC3)c2C1. The molecule has 6 nitrogen and oxygen atoms in total. The van der Waals surface area contributed by atoms with Gasteiger partial charge in [0.1, 0.15) is 0 Å². The fourth-order valence-corrected chi connectivity index (χ4v) is 5.18. The summed E-state index contributed by atoms with van der Waals surface area (Å²) in [7, 11) is -3.01. The molecule has 4 rings (SSSR count). The molecular formula is C14H19N3O3S. The molecule has 114 valence electrons. The third kappa shape index (κ3) is 2.37. The van der Waals surface area contributed by atoms with Crippen molar-refractivity contribution >= 4 is 15.7 Å². The van der Waals surface area contributed by atoms with Gasteiger partial charge in [0.25, 0.3) is 0 Å². The Kier molecular flexibility index (Phi) is 2.89. The second kappa shape index (κ2) is 4.56. The summed E-state index contributed by atoms with van der Waals surface area (Å²) < 4.78 is 23.1. The average Bonchev–Trinajstić information content (AvgIpc) is 3.11. The standard InChI is InChI=1S/C14H19N3O3S/c18-14(10-4-6-21(19,20)8-10)17-5-3-12-11(7-17)13(16-15-12)9-1-2-9/h9-10H,1-8H2,(H,15,16)/t10-/m0/s1. The van der Waals surface area contributed by atoms with Crippen LogP contribution in [0.4, 0.5) is 0 Å². The highest BCUT2D eigenvalue weighted by Crippen LogP contribution is 2.42. The van der Waals surface area contributed by atoms with Crippen molar-refractivity contribution in [3.63, 3.8) is 0 Å². The van der Waals surface area contributed by atoms with Crippen molar-refractivity contribution in [2.75, 3.05) is 18.1 Å². The van der Waals surface area contributed by atoms with Gasteiger partial charge < -0.3 is 4.90 Å². The Balaban J connectivity index is 1.52. The number of aromatic nitrogens is 2. The molecule has 1 aromatic heterocycles. The highest BCUT2D eigenvalue weighted by atomic mass is 32.2. The lowest BCUT2D eigenvalue weighted by molar-refractivity contribution is -0.135. The molecule has 0 unspecified atom stereocenters. The normalized spacial score (nSPS) is 27.6. The first-order valence-electron chi connectivity index (χ1n) is 7.59. The Hall–Kier alpha value is -1.37. The van der Waals surface area contributed by atoms with Gasteiger partial charge in [-0.3, -0.25) is 9.89 Å². The van der Waals surface area contributed by atoms with Gasteiger partial charge in [-0.1, -0.05) is 0 Å². The van der Waals surface area contributed by atoms with Gasteiger partial charge in [0.05, 0.1) is 23.1 Å². The maximum atomic E-state index is 12.5. The van der Waals surface area contributed by atoms with Crippen LogP contribution in [0.3, 0.4) is 0 Å². The van der Waals surface area contributed by atoms with Gasteiger partial charge in [0, 0.05) is 36.7 Å². The molecule has 1 aliphatic carbocycles. The van der Waals surface area contributed by atoms with Crippen LogP contribution < -0.4 is 0 Å². The first kappa shape index (κ1) is 13.3. The van der Waals surface area contributed by atoms with E-state index in [0.717, 1.165) is 17.8 Å². The van der Waals surface area contributed by atoms with E-state index in [1.165, 1.54) is 18.4 Å². The molecule has 0 radical (unpaired) electrons. The lowest BCUT2D eigenvalue weighted by Gasteiger charge is -2.29. The minimum atomic E-state index is -3.01. The van der Waals surface area contributed by atoms with Gasteiger partial charge in [-0.15, -0.1) is 0 Å². The quantitative estimate of drug-likeness (QED) is 0.867. The molecule has 3 heterocycles. The molecule has 1 saturated carbocycles. The summed E-state index contributed by atoms with van der Waals surface area (Å²) in [5, 5.41) is 7.52. The predicted molar refractivity (Wildman–Crippen MR) is 76.4 cm³/mol. The highest BCUT2D eigenvalue weighted by molar-refractivity contribution is 7.91. The number of hydrogen-bond acceptors (Lipinski definition) is 4. The van der Waals surface area contributed by atoms with E-state index in [1.54, 1.807) is 0 Å². The summed E-state index contributed by atoms with van der Waals surface area (Å²) in [6, 6.07) is 0. The molecule has 0 spiro atoms. The molecule has 2 aliphatic heterocycles.